The van der Waals surface area contributed by atoms with Gasteiger partial charge >= 0.3 is 5.97 Å². The van der Waals surface area contributed by atoms with Gasteiger partial charge in [0, 0.05) is 97.7 Å². The van der Waals surface area contributed by atoms with Gasteiger partial charge in [-0.1, -0.05) is 74.5 Å². The summed E-state index contributed by atoms with van der Waals surface area (Å²) in [4.78, 5) is 238. The Labute approximate surface area is 647 Å². The van der Waals surface area contributed by atoms with Crippen LogP contribution in [0.1, 0.15) is 108 Å². The monoisotopic (exact) mass is 1580 g/mol. The molecule has 0 saturated carbocycles. The van der Waals surface area contributed by atoms with Gasteiger partial charge in [0.15, 0.2) is 0 Å². The zero-order valence-electron chi connectivity index (χ0n) is 61.4. The molecule has 0 spiro atoms. The van der Waals surface area contributed by atoms with Crippen molar-refractivity contribution in [2.24, 2.45) is 28.9 Å². The third-order valence-corrected chi connectivity index (χ3v) is 18.8. The summed E-state index contributed by atoms with van der Waals surface area (Å²) in [5, 5.41) is 49.1. The first-order valence-electron chi connectivity index (χ1n) is 35.6. The van der Waals surface area contributed by atoms with Crippen molar-refractivity contribution in [2.45, 2.75) is 184 Å². The summed E-state index contributed by atoms with van der Waals surface area (Å²) < 4.78 is 0. The molecule has 1 aliphatic rings. The van der Waals surface area contributed by atoms with Crippen molar-refractivity contribution in [3.05, 3.63) is 107 Å². The Morgan fingerprint density at radius 2 is 0.892 bits per heavy atom. The number of amides is 16. The maximum absolute atomic E-state index is 15.4. The van der Waals surface area contributed by atoms with E-state index < -0.39 is 230 Å². The molecule has 0 radical (unpaired) electrons. The Bertz CT molecular complexity index is 4260. The van der Waals surface area contributed by atoms with Crippen LogP contribution in [0.3, 0.4) is 0 Å². The van der Waals surface area contributed by atoms with Crippen molar-refractivity contribution in [1.29, 1.82) is 0 Å². The summed E-state index contributed by atoms with van der Waals surface area (Å²) in [6.07, 6.45) is -3.26. The summed E-state index contributed by atoms with van der Waals surface area (Å²) in [6, 6.07) is 2.76. The van der Waals surface area contributed by atoms with Crippen molar-refractivity contribution in [1.82, 2.24) is 73.4 Å². The lowest BCUT2D eigenvalue weighted by atomic mass is 9.92. The number of carboxylic acid groups (broad SMARTS) is 1. The molecule has 39 heteroatoms. The second-order valence-corrected chi connectivity index (χ2v) is 27.9. The second kappa shape index (κ2) is 42.4. The number of fused-ring (bicyclic) bond motifs is 3. The minimum Gasteiger partial charge on any atom is -0.481 e. The van der Waals surface area contributed by atoms with Crippen LogP contribution >= 0.6 is 25.3 Å². The van der Waals surface area contributed by atoms with Gasteiger partial charge in [0.1, 0.15) is 66.5 Å². The first kappa shape index (κ1) is 88.3. The van der Waals surface area contributed by atoms with Gasteiger partial charge in [-0.2, -0.15) is 25.3 Å². The van der Waals surface area contributed by atoms with Crippen LogP contribution in [0.15, 0.2) is 85.2 Å². The predicted molar refractivity (Wildman–Crippen MR) is 407 cm³/mol. The number of nitrogens with two attached hydrogens (primary N) is 4. The van der Waals surface area contributed by atoms with E-state index in [1.54, 1.807) is 85.2 Å². The van der Waals surface area contributed by atoms with Crippen molar-refractivity contribution < 1.29 is 91.7 Å². The van der Waals surface area contributed by atoms with E-state index in [4.69, 9.17) is 22.9 Å². The standard InChI is InChI=1S/C72H96N18O19S2/c1-35(2)17-18-46(63(100)81-49(21-24-60(97)98)64(101)85-52(28-58(75)95)62(99)79-31-59(76)96)82-67(104)50(25-40-29-77-44-15-9-7-13-42(40)44)86-70(107)55-27-38-11-5-6-12-39(38)32-90(55)72(109)54(34-111)88-65(102)47(19-22-56(73)93)83-68(105)51(26-41-30-78-45-16-10-8-14-43(41)45)87-71(108)61(36(3)91)89-66(103)48(20-23-57(74)94)84-69(106)53(33-110)80-37(4)92/h5-16,29-30,35-36,46-55,61,77-78,91,110-111H,17-28,31-34H2,1-4H3,(H2,73,93)(H2,74,94)(H2,75,95)(H2,76,96)(H,79,99)(H,80,92)(H,81,100)(H,82,104)(H,83,105)(H,84,106)(H,85,101)(H,86,107)(H,87,108)(H,88,102)(H,89,103)(H,97,98)/t36-,46+,47+,48+,49+,50+,51+,52+,53+,54+,55+,61+/m1/s1. The number of carbonyl (C=O) groups is 17. The Kier molecular flexibility index (Phi) is 33.7. The van der Waals surface area contributed by atoms with Gasteiger partial charge in [0.25, 0.3) is 0 Å². The fraction of sp³-hybridized carbons (Fsp3) is 0.458. The van der Waals surface area contributed by atoms with Crippen molar-refractivity contribution in [2.75, 3.05) is 18.1 Å². The number of nitrogens with zero attached hydrogens (tertiary/aromatic N) is 1. The average molecular weight is 1580 g/mol. The Morgan fingerprint density at radius 1 is 0.468 bits per heavy atom. The van der Waals surface area contributed by atoms with E-state index in [2.05, 4.69) is 93.7 Å². The number of aliphatic hydroxyl groups excluding tert-OH is 1. The summed E-state index contributed by atoms with van der Waals surface area (Å²) in [7, 11) is 0. The molecule has 37 nitrogen and oxygen atoms in total. The van der Waals surface area contributed by atoms with Crippen molar-refractivity contribution in [3.8, 4) is 0 Å². The fourth-order valence-electron chi connectivity index (χ4n) is 12.2. The smallest absolute Gasteiger partial charge is 0.303 e. The summed E-state index contributed by atoms with van der Waals surface area (Å²) in [6.45, 7) is 4.93. The Morgan fingerprint density at radius 3 is 1.35 bits per heavy atom. The number of thiol groups is 2. The number of nitrogens with one attached hydrogen (secondary N) is 13. The van der Waals surface area contributed by atoms with Gasteiger partial charge < -0.3 is 107 Å². The first-order valence-corrected chi connectivity index (χ1v) is 36.8. The third kappa shape index (κ3) is 26.9. The summed E-state index contributed by atoms with van der Waals surface area (Å²) in [5.74, 6) is -18.1. The average Bonchev–Trinajstić information content (AvgIpc) is 1.27. The van der Waals surface area contributed by atoms with Crippen LogP contribution in [-0.4, -0.2) is 216 Å². The molecule has 0 unspecified atom stereocenters. The molecule has 3 heterocycles. The van der Waals surface area contributed by atoms with E-state index in [1.807, 2.05) is 13.8 Å². The molecule has 12 atom stereocenters. The highest BCUT2D eigenvalue weighted by molar-refractivity contribution is 7.80. The molecule has 6 rings (SSSR count). The van der Waals surface area contributed by atoms with E-state index in [0.717, 1.165) is 18.7 Å². The van der Waals surface area contributed by atoms with Gasteiger partial charge in [-0.25, -0.2) is 0 Å². The van der Waals surface area contributed by atoms with Crippen LogP contribution < -0.4 is 81.4 Å². The number of carbonyl (C=O) groups excluding carboxylic acids is 16. The molecule has 0 saturated heterocycles. The Hall–Kier alpha value is -11.6. The minimum atomic E-state index is -1.90. The third-order valence-electron chi connectivity index (χ3n) is 18.1. The highest BCUT2D eigenvalue weighted by Crippen LogP contribution is 2.27. The molecule has 5 aromatic rings. The van der Waals surface area contributed by atoms with Crippen LogP contribution in [-0.2, 0) is 107 Å². The van der Waals surface area contributed by atoms with Gasteiger partial charge in [-0.15, -0.1) is 0 Å². The maximum atomic E-state index is 15.4. The van der Waals surface area contributed by atoms with E-state index in [1.165, 1.54) is 0 Å². The number of H-pyrrole nitrogens is 2. The van der Waals surface area contributed by atoms with Crippen LogP contribution in [0, 0.1) is 5.92 Å². The molecule has 2 aromatic heterocycles. The summed E-state index contributed by atoms with van der Waals surface area (Å²) >= 11 is 8.56. The van der Waals surface area contributed by atoms with Gasteiger partial charge in [0.05, 0.1) is 19.1 Å². The fourth-order valence-corrected chi connectivity index (χ4v) is 12.7. The number of carboxylic acids is 1. The number of rotatable bonds is 44. The number of para-hydroxylation sites is 2. The SMILES string of the molecule is CC(=O)N[C@@H](CS)C(=O)N[C@@H](CCC(N)=O)C(=O)N[C@H](C(=O)N[C@@H](Cc1c[nH]c2ccccc12)C(=O)N[C@@H](CCC(N)=O)C(=O)N[C@@H](CS)C(=O)N1Cc2ccccc2C[C@H]1C(=O)N[C@@H](Cc1c[nH]c2ccccc12)C(=O)N[C@@H](CCC(C)C)C(=O)N[C@@H](CCC(=O)O)C(=O)N[C@@H](CC(N)=O)C(=O)NCC(N)=O)[C@@H](C)O. The largest absolute Gasteiger partial charge is 0.481 e. The van der Waals surface area contributed by atoms with E-state index >= 15 is 14.4 Å². The molecule has 23 N–H and O–H groups in total. The van der Waals surface area contributed by atoms with Crippen molar-refractivity contribution >= 4 is 148 Å². The molecular weight excluding hydrogens is 1490 g/mol. The number of aromatic amines is 2. The normalized spacial score (nSPS) is 15.4. The summed E-state index contributed by atoms with van der Waals surface area (Å²) in [5.41, 5.74) is 24.8. The number of primary amides is 4. The number of aliphatic hydroxyl groups is 1. The van der Waals surface area contributed by atoms with E-state index in [-0.39, 0.29) is 50.3 Å². The molecule has 0 aliphatic carbocycles. The predicted octanol–water partition coefficient (Wildman–Crippen LogP) is -4.19. The highest BCUT2D eigenvalue weighted by atomic mass is 32.1. The molecule has 16 amide bonds. The number of hydrogen-bond acceptors (Lipinski definition) is 20. The lowest BCUT2D eigenvalue weighted by Crippen LogP contribution is -2.63. The minimum absolute atomic E-state index is 0.106. The molecule has 0 bridgehead atoms. The molecule has 3 aromatic carbocycles. The topological polar surface area (TPSA) is 602 Å². The zero-order chi connectivity index (χ0) is 81.9. The zero-order valence-corrected chi connectivity index (χ0v) is 63.2. The maximum Gasteiger partial charge on any atom is 0.303 e. The first-order chi connectivity index (χ1) is 52.6. The van der Waals surface area contributed by atoms with E-state index in [9.17, 15) is 77.3 Å². The van der Waals surface area contributed by atoms with Gasteiger partial charge in [0.2, 0.25) is 94.5 Å². The molecule has 600 valence electrons. The highest BCUT2D eigenvalue weighted by Gasteiger charge is 2.42. The number of aliphatic carboxylic acids is 1. The van der Waals surface area contributed by atoms with Crippen LogP contribution in [0.2, 0.25) is 0 Å². The molecular formula is C72H96N18O19S2. The number of benzene rings is 3. The lowest BCUT2D eigenvalue weighted by Gasteiger charge is -2.38. The van der Waals surface area contributed by atoms with Crippen LogP contribution in [0.25, 0.3) is 21.8 Å². The molecule has 1 aliphatic heterocycles. The number of hydrogen-bond donors (Lipinski definition) is 21. The van der Waals surface area contributed by atoms with Crippen LogP contribution in [0.5, 0.6) is 0 Å². The van der Waals surface area contributed by atoms with Crippen LogP contribution in [0.4, 0.5) is 0 Å². The van der Waals surface area contributed by atoms with Gasteiger partial charge in [-0.3, -0.25) is 81.5 Å². The van der Waals surface area contributed by atoms with E-state index in [0.29, 0.717) is 44.1 Å². The number of aromatic nitrogens is 2. The lowest BCUT2D eigenvalue weighted by molar-refractivity contribution is -0.145. The van der Waals surface area contributed by atoms with Crippen molar-refractivity contribution in [3.63, 3.8) is 0 Å². The molecule has 111 heavy (non-hydrogen) atoms. The van der Waals surface area contributed by atoms with Gasteiger partial charge in [-0.05, 0) is 79.3 Å². The Balaban J connectivity index is 1.31. The second-order valence-electron chi connectivity index (χ2n) is 27.2. The molecule has 0 fully saturated rings. The quantitative estimate of drug-likeness (QED) is 0.0164.